The SMILES string of the molecule is Cc1ncncc1CCBr. The number of hydrogen-bond acceptors (Lipinski definition) is 2. The van der Waals surface area contributed by atoms with Crippen molar-refractivity contribution < 1.29 is 0 Å². The second-order valence-electron chi connectivity index (χ2n) is 2.07. The minimum Gasteiger partial charge on any atom is -0.245 e. The van der Waals surface area contributed by atoms with Crippen LogP contribution in [-0.2, 0) is 6.42 Å². The summed E-state index contributed by atoms with van der Waals surface area (Å²) in [6.45, 7) is 2.00. The fourth-order valence-electron chi connectivity index (χ4n) is 0.767. The fraction of sp³-hybridized carbons (Fsp3) is 0.429. The van der Waals surface area contributed by atoms with Crippen LogP contribution in [0.15, 0.2) is 12.5 Å². The van der Waals surface area contributed by atoms with Crippen LogP contribution in [0.5, 0.6) is 0 Å². The Balaban J connectivity index is 2.81. The molecule has 1 aromatic rings. The van der Waals surface area contributed by atoms with E-state index in [4.69, 9.17) is 0 Å². The monoisotopic (exact) mass is 200 g/mol. The van der Waals surface area contributed by atoms with E-state index >= 15 is 0 Å². The van der Waals surface area contributed by atoms with E-state index in [0.29, 0.717) is 0 Å². The summed E-state index contributed by atoms with van der Waals surface area (Å²) in [5, 5.41) is 0.973. The highest BCUT2D eigenvalue weighted by atomic mass is 79.9. The van der Waals surface area contributed by atoms with Crippen molar-refractivity contribution in [1.82, 2.24) is 9.97 Å². The summed E-state index contributed by atoms with van der Waals surface area (Å²) < 4.78 is 0. The summed E-state index contributed by atoms with van der Waals surface area (Å²) in [4.78, 5) is 8.00. The van der Waals surface area contributed by atoms with Crippen molar-refractivity contribution in [1.29, 1.82) is 0 Å². The van der Waals surface area contributed by atoms with Crippen LogP contribution < -0.4 is 0 Å². The van der Waals surface area contributed by atoms with Crippen LogP contribution in [0.25, 0.3) is 0 Å². The highest BCUT2D eigenvalue weighted by Crippen LogP contribution is 2.03. The standard InChI is InChI=1S/C7H9BrN2/c1-6-7(2-3-8)4-9-5-10-6/h4-5H,2-3H2,1H3. The Hall–Kier alpha value is -0.440. The minimum absolute atomic E-state index is 0.973. The van der Waals surface area contributed by atoms with Crippen molar-refractivity contribution in [2.45, 2.75) is 13.3 Å². The largest absolute Gasteiger partial charge is 0.245 e. The Kier molecular flexibility index (Phi) is 2.81. The Morgan fingerprint density at radius 2 is 2.40 bits per heavy atom. The van der Waals surface area contributed by atoms with Gasteiger partial charge in [-0.05, 0) is 18.9 Å². The quantitative estimate of drug-likeness (QED) is 0.681. The second-order valence-corrected chi connectivity index (χ2v) is 2.87. The molecule has 0 atom stereocenters. The molecule has 54 valence electrons. The van der Waals surface area contributed by atoms with E-state index in [1.807, 2.05) is 13.1 Å². The number of halogens is 1. The molecule has 10 heavy (non-hydrogen) atoms. The van der Waals surface area contributed by atoms with Gasteiger partial charge in [0.2, 0.25) is 0 Å². The molecule has 0 spiro atoms. The highest BCUT2D eigenvalue weighted by Gasteiger charge is 1.95. The second kappa shape index (κ2) is 3.66. The van der Waals surface area contributed by atoms with E-state index in [1.165, 1.54) is 5.56 Å². The Morgan fingerprint density at radius 3 is 3.00 bits per heavy atom. The normalized spacial score (nSPS) is 9.80. The number of hydrogen-bond donors (Lipinski definition) is 0. The van der Waals surface area contributed by atoms with E-state index < -0.39 is 0 Å². The molecule has 0 bridgehead atoms. The van der Waals surface area contributed by atoms with Crippen molar-refractivity contribution in [3.8, 4) is 0 Å². The van der Waals surface area contributed by atoms with Gasteiger partial charge in [0.1, 0.15) is 6.33 Å². The van der Waals surface area contributed by atoms with Crippen molar-refractivity contribution in [2.24, 2.45) is 0 Å². The molecule has 3 heteroatoms. The molecule has 0 N–H and O–H groups in total. The third kappa shape index (κ3) is 1.77. The van der Waals surface area contributed by atoms with Crippen LogP contribution in [0.3, 0.4) is 0 Å². The summed E-state index contributed by atoms with van der Waals surface area (Å²) in [5.41, 5.74) is 2.30. The smallest absolute Gasteiger partial charge is 0.115 e. The van der Waals surface area contributed by atoms with Gasteiger partial charge in [-0.1, -0.05) is 15.9 Å². The lowest BCUT2D eigenvalue weighted by molar-refractivity contribution is 1.00. The minimum atomic E-state index is 0.973. The number of rotatable bonds is 2. The molecule has 0 fully saturated rings. The topological polar surface area (TPSA) is 25.8 Å². The van der Waals surface area contributed by atoms with Gasteiger partial charge in [-0.25, -0.2) is 9.97 Å². The van der Waals surface area contributed by atoms with Gasteiger partial charge in [0.15, 0.2) is 0 Å². The Morgan fingerprint density at radius 1 is 1.60 bits per heavy atom. The van der Waals surface area contributed by atoms with E-state index in [9.17, 15) is 0 Å². The number of nitrogens with zero attached hydrogens (tertiary/aromatic N) is 2. The van der Waals surface area contributed by atoms with Gasteiger partial charge < -0.3 is 0 Å². The van der Waals surface area contributed by atoms with E-state index in [0.717, 1.165) is 17.4 Å². The van der Waals surface area contributed by atoms with E-state index in [2.05, 4.69) is 25.9 Å². The molecule has 0 amide bonds. The average molecular weight is 201 g/mol. The van der Waals surface area contributed by atoms with Crippen LogP contribution in [0, 0.1) is 6.92 Å². The van der Waals surface area contributed by atoms with Gasteiger partial charge in [-0.2, -0.15) is 0 Å². The average Bonchev–Trinajstić information content (AvgIpc) is 1.94. The molecular weight excluding hydrogens is 192 g/mol. The summed E-state index contributed by atoms with van der Waals surface area (Å²) in [5.74, 6) is 0. The molecule has 0 radical (unpaired) electrons. The molecular formula is C7H9BrN2. The summed E-state index contributed by atoms with van der Waals surface area (Å²) in [6.07, 6.45) is 4.45. The molecule has 0 aliphatic rings. The van der Waals surface area contributed by atoms with Gasteiger partial charge in [-0.3, -0.25) is 0 Å². The molecule has 1 heterocycles. The first kappa shape index (κ1) is 7.66. The zero-order valence-electron chi connectivity index (χ0n) is 5.84. The zero-order chi connectivity index (χ0) is 7.40. The molecule has 0 aliphatic carbocycles. The van der Waals surface area contributed by atoms with Crippen LogP contribution in [0.2, 0.25) is 0 Å². The molecule has 1 aromatic heterocycles. The van der Waals surface area contributed by atoms with Gasteiger partial charge in [-0.15, -0.1) is 0 Å². The molecule has 0 saturated carbocycles. The third-order valence-corrected chi connectivity index (χ3v) is 1.77. The molecule has 0 aliphatic heterocycles. The lowest BCUT2D eigenvalue weighted by Crippen LogP contribution is -1.93. The maximum absolute atomic E-state index is 4.07. The summed E-state index contributed by atoms with van der Waals surface area (Å²) in [6, 6.07) is 0. The van der Waals surface area contributed by atoms with E-state index in [1.54, 1.807) is 6.33 Å². The van der Waals surface area contributed by atoms with Crippen LogP contribution in [0.1, 0.15) is 11.3 Å². The van der Waals surface area contributed by atoms with E-state index in [-0.39, 0.29) is 0 Å². The lowest BCUT2D eigenvalue weighted by atomic mass is 10.2. The van der Waals surface area contributed by atoms with Gasteiger partial charge >= 0.3 is 0 Å². The molecule has 0 aromatic carbocycles. The first-order chi connectivity index (χ1) is 4.84. The molecule has 0 unspecified atom stereocenters. The molecule has 1 rings (SSSR count). The predicted molar refractivity (Wildman–Crippen MR) is 44.3 cm³/mol. The van der Waals surface area contributed by atoms with Gasteiger partial charge in [0, 0.05) is 17.2 Å². The Bertz CT molecular complexity index is 213. The van der Waals surface area contributed by atoms with Crippen molar-refractivity contribution >= 4 is 15.9 Å². The lowest BCUT2D eigenvalue weighted by Gasteiger charge is -1.98. The number of alkyl halides is 1. The van der Waals surface area contributed by atoms with Crippen LogP contribution >= 0.6 is 15.9 Å². The highest BCUT2D eigenvalue weighted by molar-refractivity contribution is 9.09. The van der Waals surface area contributed by atoms with Gasteiger partial charge in [0.25, 0.3) is 0 Å². The maximum Gasteiger partial charge on any atom is 0.115 e. The van der Waals surface area contributed by atoms with Crippen LogP contribution in [0.4, 0.5) is 0 Å². The van der Waals surface area contributed by atoms with Gasteiger partial charge in [0.05, 0.1) is 0 Å². The predicted octanol–water partition coefficient (Wildman–Crippen LogP) is 1.72. The summed E-state index contributed by atoms with van der Waals surface area (Å²) in [7, 11) is 0. The first-order valence-corrected chi connectivity index (χ1v) is 4.28. The van der Waals surface area contributed by atoms with Crippen molar-refractivity contribution in [3.63, 3.8) is 0 Å². The summed E-state index contributed by atoms with van der Waals surface area (Å²) >= 11 is 3.36. The number of aromatic nitrogens is 2. The number of aryl methyl sites for hydroxylation is 2. The maximum atomic E-state index is 4.07. The van der Waals surface area contributed by atoms with Crippen molar-refractivity contribution in [3.05, 3.63) is 23.8 Å². The molecule has 0 saturated heterocycles. The Labute approximate surface area is 68.8 Å². The van der Waals surface area contributed by atoms with Crippen molar-refractivity contribution in [2.75, 3.05) is 5.33 Å². The fourth-order valence-corrected chi connectivity index (χ4v) is 1.19. The van der Waals surface area contributed by atoms with Crippen LogP contribution in [-0.4, -0.2) is 15.3 Å². The first-order valence-electron chi connectivity index (χ1n) is 3.16. The molecule has 2 nitrogen and oxygen atoms in total. The third-order valence-electron chi connectivity index (χ3n) is 1.38. The zero-order valence-corrected chi connectivity index (χ0v) is 7.43.